The van der Waals surface area contributed by atoms with Gasteiger partial charge in [0, 0.05) is 41.1 Å². The molecular weight excluding hydrogens is 468 g/mol. The Labute approximate surface area is 218 Å². The van der Waals surface area contributed by atoms with Crippen LogP contribution in [0, 0.1) is 11.8 Å². The van der Waals surface area contributed by atoms with Crippen molar-refractivity contribution < 1.29 is 19.0 Å². The van der Waals surface area contributed by atoms with Gasteiger partial charge in [-0.15, -0.1) is 16.1 Å². The summed E-state index contributed by atoms with van der Waals surface area (Å²) in [5, 5.41) is 14.8. The Hall–Kier alpha value is -3.67. The van der Waals surface area contributed by atoms with E-state index in [9.17, 15) is 4.79 Å². The van der Waals surface area contributed by atoms with Crippen LogP contribution in [0.1, 0.15) is 39.2 Å². The smallest absolute Gasteiger partial charge is 0.320 e. The fraction of sp³-hybridized carbons (Fsp3) is 0.414. The van der Waals surface area contributed by atoms with Crippen LogP contribution in [0.15, 0.2) is 42.5 Å². The number of carbonyl (C=O) groups excluding carboxylic acids is 1. The van der Waals surface area contributed by atoms with Crippen LogP contribution in [-0.2, 0) is 14.3 Å². The van der Waals surface area contributed by atoms with E-state index in [1.54, 1.807) is 0 Å². The number of carbonyl (C=O) groups is 1. The summed E-state index contributed by atoms with van der Waals surface area (Å²) in [6.07, 6.45) is 1.99. The Bertz CT molecular complexity index is 1280. The van der Waals surface area contributed by atoms with Crippen LogP contribution < -0.4 is 10.1 Å². The highest BCUT2D eigenvalue weighted by molar-refractivity contribution is 6.01. The Morgan fingerprint density at radius 2 is 1.97 bits per heavy atom. The van der Waals surface area contributed by atoms with Gasteiger partial charge in [-0.3, -0.25) is 9.69 Å². The quantitative estimate of drug-likeness (QED) is 0.188. The largest absolute Gasteiger partial charge is 0.467 e. The maximum atomic E-state index is 12.0. The van der Waals surface area contributed by atoms with Gasteiger partial charge >= 0.3 is 5.97 Å². The fourth-order valence-electron chi connectivity index (χ4n) is 4.56. The number of esters is 1. The van der Waals surface area contributed by atoms with Crippen molar-refractivity contribution in [3.63, 3.8) is 0 Å². The summed E-state index contributed by atoms with van der Waals surface area (Å²) in [5.41, 5.74) is 2.42. The van der Waals surface area contributed by atoms with Gasteiger partial charge in [0.25, 0.3) is 0 Å². The average molecular weight is 503 g/mol. The minimum atomic E-state index is -0.184. The molecule has 1 aromatic heterocycles. The minimum Gasteiger partial charge on any atom is -0.467 e. The number of aromatic nitrogens is 2. The zero-order valence-corrected chi connectivity index (χ0v) is 21.8. The number of likely N-dealkylation sites (tertiary alicyclic amines) is 1. The van der Waals surface area contributed by atoms with Gasteiger partial charge in [-0.2, -0.15) is 0 Å². The van der Waals surface area contributed by atoms with Gasteiger partial charge in [0.05, 0.1) is 13.2 Å². The second-order valence-electron chi connectivity index (χ2n) is 8.81. The van der Waals surface area contributed by atoms with E-state index < -0.39 is 0 Å². The zero-order chi connectivity index (χ0) is 26.0. The number of rotatable bonds is 10. The van der Waals surface area contributed by atoms with Crippen molar-refractivity contribution in [2.24, 2.45) is 0 Å². The van der Waals surface area contributed by atoms with E-state index in [1.165, 1.54) is 0 Å². The second kappa shape index (κ2) is 13.0. The molecule has 1 aliphatic rings. The molecule has 8 heteroatoms. The third-order valence-electron chi connectivity index (χ3n) is 6.20. The number of hydrogen-bond donors (Lipinski definition) is 1. The molecule has 0 saturated carbocycles. The minimum absolute atomic E-state index is 0.140. The molecule has 3 aromatic rings. The van der Waals surface area contributed by atoms with Crippen LogP contribution >= 0.6 is 0 Å². The average Bonchev–Trinajstić information content (AvgIpc) is 2.90. The molecule has 1 fully saturated rings. The first-order valence-corrected chi connectivity index (χ1v) is 12.8. The summed E-state index contributed by atoms with van der Waals surface area (Å²) in [5.74, 6) is 7.21. The summed E-state index contributed by atoms with van der Waals surface area (Å²) in [7, 11) is 0. The number of fused-ring (bicyclic) bond motifs is 1. The summed E-state index contributed by atoms with van der Waals surface area (Å²) in [4.78, 5) is 14.1. The molecule has 0 amide bonds. The molecule has 0 spiro atoms. The standard InChI is InChI=1S/C29H34N4O4/c1-4-10-21-14-15-25(26(17-21)37-20-35-5-2)28-23-12-7-8-13-24(23)29(32-31-28)30-22-11-9-16-33(18-22)19-27(34)36-6-3/h7-8,12-15,17,22H,5-6,9,11,16,18-20H2,1-3H3,(H,30,32)/t22-/m1/s1. The van der Waals surface area contributed by atoms with Gasteiger partial charge < -0.3 is 19.5 Å². The summed E-state index contributed by atoms with van der Waals surface area (Å²) >= 11 is 0. The highest BCUT2D eigenvalue weighted by Crippen LogP contribution is 2.36. The van der Waals surface area contributed by atoms with E-state index in [4.69, 9.17) is 14.2 Å². The lowest BCUT2D eigenvalue weighted by Crippen LogP contribution is -2.44. The van der Waals surface area contributed by atoms with Crippen LogP contribution in [-0.4, -0.2) is 66.7 Å². The predicted octanol–water partition coefficient (Wildman–Crippen LogP) is 4.48. The molecule has 1 atom stereocenters. The van der Waals surface area contributed by atoms with Crippen molar-refractivity contribution in [1.29, 1.82) is 0 Å². The summed E-state index contributed by atoms with van der Waals surface area (Å²) in [6.45, 7) is 8.59. The van der Waals surface area contributed by atoms with Gasteiger partial charge in [0.15, 0.2) is 12.6 Å². The van der Waals surface area contributed by atoms with E-state index in [1.807, 2.05) is 63.2 Å². The lowest BCUT2D eigenvalue weighted by atomic mass is 10.0. The molecule has 194 valence electrons. The molecule has 0 unspecified atom stereocenters. The maximum absolute atomic E-state index is 12.0. The van der Waals surface area contributed by atoms with E-state index in [2.05, 4.69) is 32.3 Å². The Balaban J connectivity index is 1.62. The zero-order valence-electron chi connectivity index (χ0n) is 21.8. The van der Waals surface area contributed by atoms with E-state index in [0.717, 1.165) is 59.3 Å². The van der Waals surface area contributed by atoms with Gasteiger partial charge in [0.2, 0.25) is 0 Å². The van der Waals surface area contributed by atoms with Crippen molar-refractivity contribution in [3.05, 3.63) is 48.0 Å². The highest BCUT2D eigenvalue weighted by Gasteiger charge is 2.24. The third kappa shape index (κ3) is 6.76. The molecule has 2 heterocycles. The number of nitrogens with zero attached hydrogens (tertiary/aromatic N) is 3. The topological polar surface area (TPSA) is 85.8 Å². The number of anilines is 1. The fourth-order valence-corrected chi connectivity index (χ4v) is 4.56. The van der Waals surface area contributed by atoms with Crippen molar-refractivity contribution in [2.75, 3.05) is 45.0 Å². The van der Waals surface area contributed by atoms with Crippen molar-refractivity contribution in [2.45, 2.75) is 39.7 Å². The normalized spacial score (nSPS) is 15.6. The number of ether oxygens (including phenoxy) is 3. The molecule has 37 heavy (non-hydrogen) atoms. The third-order valence-corrected chi connectivity index (χ3v) is 6.20. The van der Waals surface area contributed by atoms with E-state index in [0.29, 0.717) is 25.5 Å². The van der Waals surface area contributed by atoms with Gasteiger partial charge in [-0.25, -0.2) is 0 Å². The van der Waals surface area contributed by atoms with Gasteiger partial charge in [0.1, 0.15) is 11.4 Å². The Morgan fingerprint density at radius 1 is 1.14 bits per heavy atom. The second-order valence-corrected chi connectivity index (χ2v) is 8.81. The lowest BCUT2D eigenvalue weighted by molar-refractivity contribution is -0.144. The monoisotopic (exact) mass is 502 g/mol. The van der Waals surface area contributed by atoms with Crippen LogP contribution in [0.3, 0.4) is 0 Å². The lowest BCUT2D eigenvalue weighted by Gasteiger charge is -2.32. The molecule has 1 saturated heterocycles. The van der Waals surface area contributed by atoms with Crippen LogP contribution in [0.25, 0.3) is 22.0 Å². The summed E-state index contributed by atoms with van der Waals surface area (Å²) < 4.78 is 16.5. The molecule has 1 aliphatic heterocycles. The number of hydrogen-bond acceptors (Lipinski definition) is 8. The van der Waals surface area contributed by atoms with Crippen LogP contribution in [0.5, 0.6) is 5.75 Å². The SMILES string of the molecule is CC#Cc1ccc(-c2nnc(N[C@@H]3CCCN(CC(=O)OCC)C3)c3ccccc23)c(OCOCC)c1. The molecule has 0 radical (unpaired) electrons. The van der Waals surface area contributed by atoms with Crippen LogP contribution in [0.2, 0.25) is 0 Å². The first-order valence-electron chi connectivity index (χ1n) is 12.8. The molecule has 2 aromatic carbocycles. The van der Waals surface area contributed by atoms with E-state index in [-0.39, 0.29) is 18.8 Å². The summed E-state index contributed by atoms with van der Waals surface area (Å²) in [6, 6.07) is 14.1. The first kappa shape index (κ1) is 26.4. The molecule has 0 bridgehead atoms. The van der Waals surface area contributed by atoms with Gasteiger partial charge in [-0.05, 0) is 58.4 Å². The number of piperidine rings is 1. The molecular formula is C29H34N4O4. The molecule has 8 nitrogen and oxygen atoms in total. The molecule has 4 rings (SSSR count). The van der Waals surface area contributed by atoms with Crippen molar-refractivity contribution in [1.82, 2.24) is 15.1 Å². The number of benzene rings is 2. The molecule has 0 aliphatic carbocycles. The predicted molar refractivity (Wildman–Crippen MR) is 144 cm³/mol. The Morgan fingerprint density at radius 3 is 2.76 bits per heavy atom. The van der Waals surface area contributed by atoms with Crippen LogP contribution in [0.4, 0.5) is 5.82 Å². The first-order chi connectivity index (χ1) is 18.1. The number of nitrogens with one attached hydrogen (secondary N) is 1. The van der Waals surface area contributed by atoms with E-state index >= 15 is 0 Å². The maximum Gasteiger partial charge on any atom is 0.320 e. The van der Waals surface area contributed by atoms with Gasteiger partial charge in [-0.1, -0.05) is 30.2 Å². The Kier molecular flexibility index (Phi) is 9.30. The van der Waals surface area contributed by atoms with Crippen molar-refractivity contribution >= 4 is 22.6 Å². The molecule has 1 N–H and O–H groups in total. The van der Waals surface area contributed by atoms with Crippen molar-refractivity contribution in [3.8, 4) is 28.8 Å². The highest BCUT2D eigenvalue weighted by atomic mass is 16.7.